The highest BCUT2D eigenvalue weighted by atomic mass is 31.2. The highest BCUT2D eigenvalue weighted by molar-refractivity contribution is 7.47. The monoisotopic (exact) mass is 1120 g/mol. The summed E-state index contributed by atoms with van der Waals surface area (Å²) in [4.78, 5) is 35.2. The zero-order chi connectivity index (χ0) is 57.3. The summed E-state index contributed by atoms with van der Waals surface area (Å²) in [5, 5.41) is 0. The lowest BCUT2D eigenvalue weighted by Gasteiger charge is -2.19. The summed E-state index contributed by atoms with van der Waals surface area (Å²) in [5.74, 6) is -0.822. The fourth-order valence-corrected chi connectivity index (χ4v) is 9.69. The normalized spacial score (nSPS) is 13.7. The maximum Gasteiger partial charge on any atom is 0.472 e. The molecule has 9 nitrogen and oxygen atoms in total. The Bertz CT molecular complexity index is 1660. The molecule has 2 unspecified atom stereocenters. The minimum atomic E-state index is -4.39. The molecular formula is C69H120NO8P. The van der Waals surface area contributed by atoms with Crippen LogP contribution in [-0.2, 0) is 32.7 Å². The maximum atomic E-state index is 12.7. The van der Waals surface area contributed by atoms with Crippen LogP contribution in [0.25, 0.3) is 0 Å². The van der Waals surface area contributed by atoms with Crippen molar-refractivity contribution in [2.45, 2.75) is 290 Å². The van der Waals surface area contributed by atoms with Gasteiger partial charge in [0, 0.05) is 19.4 Å². The molecule has 0 aliphatic carbocycles. The molecule has 0 bridgehead atoms. The number of carbonyl (C=O) groups excluding carboxylic acids is 2. The van der Waals surface area contributed by atoms with Crippen LogP contribution in [0.2, 0.25) is 0 Å². The van der Waals surface area contributed by atoms with Crippen molar-refractivity contribution in [2.75, 3.05) is 26.4 Å². The molecule has 0 aromatic carbocycles. The minimum absolute atomic E-state index is 0.0513. The Hall–Kier alpha value is -3.33. The average molecular weight is 1120 g/mol. The minimum Gasteiger partial charge on any atom is -0.462 e. The first-order valence-corrected chi connectivity index (χ1v) is 33.9. The van der Waals surface area contributed by atoms with Crippen LogP contribution >= 0.6 is 7.82 Å². The van der Waals surface area contributed by atoms with Crippen molar-refractivity contribution in [3.8, 4) is 0 Å². The largest absolute Gasteiger partial charge is 0.472 e. The lowest BCUT2D eigenvalue weighted by Crippen LogP contribution is -2.29. The Morgan fingerprint density at radius 3 is 1.04 bits per heavy atom. The van der Waals surface area contributed by atoms with Crippen LogP contribution in [0.4, 0.5) is 0 Å². The van der Waals surface area contributed by atoms with Crippen molar-refractivity contribution >= 4 is 19.8 Å². The molecule has 0 fully saturated rings. The molecule has 0 spiro atoms. The SMILES string of the molecule is CC/C=C\C/C=C\C/C=C\C/C=C\C/C=C\C/C=C\C/C=C\C/C=C\C/C=C\CCCCCCCCCCCCCCCC(=O)OC(COC(=O)CCCCCCCCCCCCCCCCCCC)COP(=O)(O)OCCN. The Morgan fingerprint density at radius 2 is 0.696 bits per heavy atom. The molecule has 454 valence electrons. The third-order valence-electron chi connectivity index (χ3n) is 13.7. The van der Waals surface area contributed by atoms with Crippen LogP contribution in [0, 0.1) is 0 Å². The van der Waals surface area contributed by atoms with Gasteiger partial charge in [-0.1, -0.05) is 297 Å². The van der Waals surface area contributed by atoms with Crippen LogP contribution in [-0.4, -0.2) is 49.3 Å². The van der Waals surface area contributed by atoms with E-state index >= 15 is 0 Å². The van der Waals surface area contributed by atoms with E-state index in [-0.39, 0.29) is 38.6 Å². The second-order valence-corrected chi connectivity index (χ2v) is 22.7. The summed E-state index contributed by atoms with van der Waals surface area (Å²) in [6, 6.07) is 0. The molecule has 0 aromatic rings. The number of hydrogen-bond acceptors (Lipinski definition) is 8. The van der Waals surface area contributed by atoms with Gasteiger partial charge in [-0.15, -0.1) is 0 Å². The van der Waals surface area contributed by atoms with Gasteiger partial charge in [-0.05, 0) is 83.5 Å². The lowest BCUT2D eigenvalue weighted by molar-refractivity contribution is -0.161. The van der Waals surface area contributed by atoms with E-state index in [0.717, 1.165) is 96.3 Å². The van der Waals surface area contributed by atoms with Gasteiger partial charge in [0.25, 0.3) is 0 Å². The highest BCUT2D eigenvalue weighted by Gasteiger charge is 2.26. The second-order valence-electron chi connectivity index (χ2n) is 21.3. The number of hydrogen-bond donors (Lipinski definition) is 2. The summed E-state index contributed by atoms with van der Waals surface area (Å²) in [6.07, 6.45) is 87.3. The van der Waals surface area contributed by atoms with E-state index in [2.05, 4.69) is 123 Å². The van der Waals surface area contributed by atoms with Crippen molar-refractivity contribution in [2.24, 2.45) is 5.73 Å². The van der Waals surface area contributed by atoms with Gasteiger partial charge < -0.3 is 20.1 Å². The number of phosphoric acid groups is 1. The van der Waals surface area contributed by atoms with Crippen LogP contribution in [0.3, 0.4) is 0 Å². The van der Waals surface area contributed by atoms with Crippen molar-refractivity contribution in [1.82, 2.24) is 0 Å². The second kappa shape index (κ2) is 63.8. The van der Waals surface area contributed by atoms with Gasteiger partial charge >= 0.3 is 19.8 Å². The molecule has 0 saturated carbocycles. The van der Waals surface area contributed by atoms with E-state index in [1.807, 2.05) is 0 Å². The van der Waals surface area contributed by atoms with Crippen LogP contribution in [0.1, 0.15) is 284 Å². The van der Waals surface area contributed by atoms with Crippen molar-refractivity contribution in [1.29, 1.82) is 0 Å². The third kappa shape index (κ3) is 63.7. The molecular weight excluding hydrogens is 1000 g/mol. The topological polar surface area (TPSA) is 134 Å². The van der Waals surface area contributed by atoms with E-state index in [0.29, 0.717) is 6.42 Å². The quantitative estimate of drug-likeness (QED) is 0.0264. The Kier molecular flexibility index (Phi) is 61.2. The molecule has 0 saturated heterocycles. The maximum absolute atomic E-state index is 12.7. The van der Waals surface area contributed by atoms with Gasteiger partial charge in [0.15, 0.2) is 6.10 Å². The number of esters is 2. The van der Waals surface area contributed by atoms with E-state index < -0.39 is 26.5 Å². The first-order valence-electron chi connectivity index (χ1n) is 32.4. The molecule has 0 aliphatic heterocycles. The molecule has 3 N–H and O–H groups in total. The number of unbranched alkanes of at least 4 members (excludes halogenated alkanes) is 29. The molecule has 0 radical (unpaired) electrons. The van der Waals surface area contributed by atoms with E-state index in [4.69, 9.17) is 24.3 Å². The molecule has 0 heterocycles. The van der Waals surface area contributed by atoms with Gasteiger partial charge in [0.1, 0.15) is 6.61 Å². The summed E-state index contributed by atoms with van der Waals surface area (Å²) in [7, 11) is -4.39. The van der Waals surface area contributed by atoms with Gasteiger partial charge in [-0.2, -0.15) is 0 Å². The van der Waals surface area contributed by atoms with Crippen molar-refractivity contribution in [3.05, 3.63) is 109 Å². The van der Waals surface area contributed by atoms with Gasteiger partial charge in [-0.25, -0.2) is 4.57 Å². The smallest absolute Gasteiger partial charge is 0.462 e. The fraction of sp³-hybridized carbons (Fsp3) is 0.710. The Balaban J connectivity index is 3.89. The number of allylic oxidation sites excluding steroid dienone is 18. The zero-order valence-electron chi connectivity index (χ0n) is 50.8. The van der Waals surface area contributed by atoms with Crippen LogP contribution in [0.15, 0.2) is 109 Å². The first-order chi connectivity index (χ1) is 38.8. The first kappa shape index (κ1) is 75.7. The summed E-state index contributed by atoms with van der Waals surface area (Å²) in [5.41, 5.74) is 5.39. The van der Waals surface area contributed by atoms with Crippen molar-refractivity contribution < 1.29 is 37.6 Å². The third-order valence-corrected chi connectivity index (χ3v) is 14.7. The molecule has 79 heavy (non-hydrogen) atoms. The number of nitrogens with two attached hydrogens (primary N) is 1. The predicted octanol–water partition coefficient (Wildman–Crippen LogP) is 21.0. The molecule has 0 aliphatic rings. The van der Waals surface area contributed by atoms with Crippen molar-refractivity contribution in [3.63, 3.8) is 0 Å². The summed E-state index contributed by atoms with van der Waals surface area (Å²) in [6.45, 7) is 3.65. The lowest BCUT2D eigenvalue weighted by atomic mass is 10.0. The zero-order valence-corrected chi connectivity index (χ0v) is 51.7. The molecule has 0 aromatic heterocycles. The molecule has 2 atom stereocenters. The summed E-state index contributed by atoms with van der Waals surface area (Å²) < 4.78 is 33.1. The highest BCUT2D eigenvalue weighted by Crippen LogP contribution is 2.43. The van der Waals surface area contributed by atoms with E-state index in [9.17, 15) is 19.0 Å². The van der Waals surface area contributed by atoms with Crippen LogP contribution in [0.5, 0.6) is 0 Å². The Morgan fingerprint density at radius 1 is 0.392 bits per heavy atom. The van der Waals surface area contributed by atoms with Crippen LogP contribution < -0.4 is 5.73 Å². The number of phosphoric ester groups is 1. The van der Waals surface area contributed by atoms with Gasteiger partial charge in [0.2, 0.25) is 0 Å². The molecule has 0 rings (SSSR count). The fourth-order valence-electron chi connectivity index (χ4n) is 8.92. The summed E-state index contributed by atoms with van der Waals surface area (Å²) >= 11 is 0. The molecule has 0 amide bonds. The number of carbonyl (C=O) groups is 2. The van der Waals surface area contributed by atoms with E-state index in [1.54, 1.807) is 0 Å². The molecule has 10 heteroatoms. The van der Waals surface area contributed by atoms with Gasteiger partial charge in [-0.3, -0.25) is 18.6 Å². The average Bonchev–Trinajstić information content (AvgIpc) is 3.44. The standard InChI is InChI=1S/C69H120NO8P/c1-3-5-7-9-11-13-15-17-19-21-22-23-24-25-26-27-28-29-30-31-32-33-34-35-36-37-38-39-40-41-42-43-44-46-48-50-52-54-56-58-60-62-69(72)78-67(66-77-79(73,74)76-64-63-70)65-75-68(71)61-59-57-55-53-51-49-47-45-20-18-16-14-12-10-8-6-4-2/h5,7,11,13,17,19,22-23,25-26,28-29,31-32,34-35,37-38,67H,3-4,6,8-10,12,14-16,18,20-21,24,27,30,33,36,39-66,70H2,1-2H3,(H,73,74)/b7-5-,13-11-,19-17-,23-22-,26-25-,29-28-,32-31-,35-34-,38-37-. The van der Waals surface area contributed by atoms with E-state index in [1.165, 1.54) is 154 Å². The Labute approximate surface area is 486 Å². The number of ether oxygens (including phenoxy) is 2. The number of rotatable bonds is 60. The predicted molar refractivity (Wildman–Crippen MR) is 339 cm³/mol. The van der Waals surface area contributed by atoms with Gasteiger partial charge in [0.05, 0.1) is 13.2 Å².